The van der Waals surface area contributed by atoms with E-state index in [-0.39, 0.29) is 0 Å². The molecule has 3 heteroatoms. The van der Waals surface area contributed by atoms with E-state index in [1.54, 1.807) is 11.8 Å². The molecule has 2 nitrogen and oxygen atoms in total. The zero-order valence-electron chi connectivity index (χ0n) is 6.72. The van der Waals surface area contributed by atoms with Crippen LogP contribution in [0.5, 0.6) is 0 Å². The Morgan fingerprint density at radius 1 is 1.58 bits per heavy atom. The molecule has 1 aromatic carbocycles. The summed E-state index contributed by atoms with van der Waals surface area (Å²) >= 11 is 1.74. The van der Waals surface area contributed by atoms with E-state index in [1.807, 2.05) is 19.1 Å². The Balaban J connectivity index is 2.59. The van der Waals surface area contributed by atoms with Gasteiger partial charge in [0.25, 0.3) is 0 Å². The van der Waals surface area contributed by atoms with Gasteiger partial charge in [0.2, 0.25) is 0 Å². The highest BCUT2D eigenvalue weighted by Gasteiger charge is 2.12. The minimum absolute atomic E-state index is 0.782. The Bertz CT molecular complexity index is 365. The molecule has 2 rings (SSSR count). The lowest BCUT2D eigenvalue weighted by Crippen LogP contribution is -1.89. The molecule has 0 unspecified atom stereocenters. The molecule has 0 saturated heterocycles. The molecule has 1 aromatic rings. The second-order valence-electron chi connectivity index (χ2n) is 2.74. The van der Waals surface area contributed by atoms with Crippen LogP contribution < -0.4 is 5.32 Å². The van der Waals surface area contributed by atoms with Crippen LogP contribution in [0.2, 0.25) is 0 Å². The third-order valence-electron chi connectivity index (χ3n) is 1.94. The zero-order valence-corrected chi connectivity index (χ0v) is 7.53. The number of anilines is 1. The van der Waals surface area contributed by atoms with Crippen molar-refractivity contribution >= 4 is 17.4 Å². The summed E-state index contributed by atoms with van der Waals surface area (Å²) in [5.41, 5.74) is 2.99. The number of hydrogen-bond donors (Lipinski definition) is 1. The Morgan fingerprint density at radius 3 is 3.17 bits per heavy atom. The molecule has 12 heavy (non-hydrogen) atoms. The van der Waals surface area contributed by atoms with Crippen LogP contribution >= 0.6 is 11.8 Å². The van der Waals surface area contributed by atoms with Gasteiger partial charge in [-0.2, -0.15) is 5.26 Å². The van der Waals surface area contributed by atoms with Crippen molar-refractivity contribution in [1.29, 1.82) is 5.26 Å². The normalized spacial score (nSPS) is 13.3. The van der Waals surface area contributed by atoms with E-state index in [0.29, 0.717) is 0 Å². The molecule has 1 aliphatic heterocycles. The van der Waals surface area contributed by atoms with Crippen molar-refractivity contribution in [2.75, 3.05) is 11.2 Å². The van der Waals surface area contributed by atoms with E-state index in [9.17, 15) is 0 Å². The smallest absolute Gasteiger partial charge is 0.0994 e. The number of nitrogens with one attached hydrogen (secondary N) is 1. The Hall–Kier alpha value is -1.14. The number of aryl methyl sites for hydroxylation is 1. The highest BCUT2D eigenvalue weighted by Crippen LogP contribution is 2.35. The fourth-order valence-electron chi connectivity index (χ4n) is 1.26. The second-order valence-corrected chi connectivity index (χ2v) is 3.76. The highest BCUT2D eigenvalue weighted by atomic mass is 32.2. The first kappa shape index (κ1) is 7.51. The Morgan fingerprint density at radius 2 is 2.42 bits per heavy atom. The molecule has 0 aliphatic carbocycles. The fraction of sp³-hybridized carbons (Fsp3) is 0.222. The first-order chi connectivity index (χ1) is 5.81. The quantitative estimate of drug-likeness (QED) is 0.659. The van der Waals surface area contributed by atoms with Crippen molar-refractivity contribution in [3.05, 3.63) is 23.3 Å². The standard InChI is InChI=1S/C9H8N2S/c1-6-2-8-9(12-5-11-8)3-7(6)4-10/h2-3,11H,5H2,1H3. The number of hydrogen-bond acceptors (Lipinski definition) is 3. The summed E-state index contributed by atoms with van der Waals surface area (Å²) in [6, 6.07) is 6.17. The van der Waals surface area contributed by atoms with Crippen LogP contribution in [0.3, 0.4) is 0 Å². The number of nitrogens with zero attached hydrogens (tertiary/aromatic N) is 1. The molecular formula is C9H8N2S. The van der Waals surface area contributed by atoms with Gasteiger partial charge in [0.1, 0.15) is 0 Å². The molecule has 0 bridgehead atoms. The zero-order chi connectivity index (χ0) is 8.55. The molecule has 1 aliphatic rings. The maximum atomic E-state index is 8.77. The molecule has 0 spiro atoms. The van der Waals surface area contributed by atoms with E-state index in [1.165, 1.54) is 4.90 Å². The van der Waals surface area contributed by atoms with E-state index in [2.05, 4.69) is 11.4 Å². The van der Waals surface area contributed by atoms with Crippen LogP contribution in [0.15, 0.2) is 17.0 Å². The van der Waals surface area contributed by atoms with Gasteiger partial charge in [-0.3, -0.25) is 0 Å². The first-order valence-electron chi connectivity index (χ1n) is 3.72. The van der Waals surface area contributed by atoms with Gasteiger partial charge in [-0.05, 0) is 24.6 Å². The molecule has 0 amide bonds. The molecule has 1 N–H and O–H groups in total. The van der Waals surface area contributed by atoms with Gasteiger partial charge >= 0.3 is 0 Å². The van der Waals surface area contributed by atoms with Gasteiger partial charge < -0.3 is 5.32 Å². The summed E-state index contributed by atoms with van der Waals surface area (Å²) in [5, 5.41) is 12.0. The second kappa shape index (κ2) is 2.72. The van der Waals surface area contributed by atoms with Gasteiger partial charge in [0, 0.05) is 10.6 Å². The molecule has 0 radical (unpaired) electrons. The largest absolute Gasteiger partial charge is 0.375 e. The summed E-state index contributed by atoms with van der Waals surface area (Å²) in [4.78, 5) is 1.19. The molecule has 0 atom stereocenters. The maximum Gasteiger partial charge on any atom is 0.0994 e. The predicted octanol–water partition coefficient (Wildman–Crippen LogP) is 2.34. The maximum absolute atomic E-state index is 8.77. The van der Waals surface area contributed by atoms with Gasteiger partial charge in [-0.15, -0.1) is 11.8 Å². The summed E-state index contributed by atoms with van der Waals surface area (Å²) < 4.78 is 0. The van der Waals surface area contributed by atoms with Crippen molar-refractivity contribution in [1.82, 2.24) is 0 Å². The third-order valence-corrected chi connectivity index (χ3v) is 2.87. The first-order valence-corrected chi connectivity index (χ1v) is 4.71. The van der Waals surface area contributed by atoms with Crippen LogP contribution in [-0.2, 0) is 0 Å². The van der Waals surface area contributed by atoms with E-state index < -0.39 is 0 Å². The van der Waals surface area contributed by atoms with Gasteiger partial charge in [-0.25, -0.2) is 0 Å². The van der Waals surface area contributed by atoms with Gasteiger partial charge in [0.15, 0.2) is 0 Å². The average molecular weight is 176 g/mol. The minimum atomic E-state index is 0.782. The Kier molecular flexibility index (Phi) is 1.70. The molecule has 0 fully saturated rings. The fourth-order valence-corrected chi connectivity index (χ4v) is 2.13. The van der Waals surface area contributed by atoms with E-state index in [4.69, 9.17) is 5.26 Å². The van der Waals surface area contributed by atoms with Crippen molar-refractivity contribution in [3.63, 3.8) is 0 Å². The lowest BCUT2D eigenvalue weighted by atomic mass is 10.1. The van der Waals surface area contributed by atoms with Crippen molar-refractivity contribution < 1.29 is 0 Å². The number of rotatable bonds is 0. The predicted molar refractivity (Wildman–Crippen MR) is 50.2 cm³/mol. The van der Waals surface area contributed by atoms with E-state index in [0.717, 1.165) is 22.7 Å². The summed E-state index contributed by atoms with van der Waals surface area (Å²) in [5.74, 6) is 0.920. The lowest BCUT2D eigenvalue weighted by molar-refractivity contribution is 1.32. The lowest BCUT2D eigenvalue weighted by Gasteiger charge is -2.01. The molecular weight excluding hydrogens is 168 g/mol. The third kappa shape index (κ3) is 1.05. The van der Waals surface area contributed by atoms with Crippen LogP contribution in [0.1, 0.15) is 11.1 Å². The van der Waals surface area contributed by atoms with Crippen molar-refractivity contribution in [2.24, 2.45) is 0 Å². The molecule has 60 valence electrons. The molecule has 0 saturated carbocycles. The topological polar surface area (TPSA) is 35.8 Å². The van der Waals surface area contributed by atoms with Crippen molar-refractivity contribution in [2.45, 2.75) is 11.8 Å². The van der Waals surface area contributed by atoms with Crippen LogP contribution in [0.25, 0.3) is 0 Å². The van der Waals surface area contributed by atoms with Gasteiger partial charge in [0.05, 0.1) is 17.5 Å². The number of nitriles is 1. The summed E-state index contributed by atoms with van der Waals surface area (Å²) in [7, 11) is 0. The van der Waals surface area contributed by atoms with Crippen LogP contribution in [-0.4, -0.2) is 5.88 Å². The summed E-state index contributed by atoms with van der Waals surface area (Å²) in [6.07, 6.45) is 0. The monoisotopic (exact) mass is 176 g/mol. The number of thioether (sulfide) groups is 1. The SMILES string of the molecule is Cc1cc2c(cc1C#N)SCN2. The van der Waals surface area contributed by atoms with Crippen molar-refractivity contribution in [3.8, 4) is 6.07 Å². The minimum Gasteiger partial charge on any atom is -0.375 e. The number of benzene rings is 1. The van der Waals surface area contributed by atoms with E-state index >= 15 is 0 Å². The highest BCUT2D eigenvalue weighted by molar-refractivity contribution is 7.99. The summed E-state index contributed by atoms with van der Waals surface area (Å²) in [6.45, 7) is 1.96. The van der Waals surface area contributed by atoms with Crippen LogP contribution in [0, 0.1) is 18.3 Å². The number of fused-ring (bicyclic) bond motifs is 1. The van der Waals surface area contributed by atoms with Gasteiger partial charge in [-0.1, -0.05) is 0 Å². The molecule has 1 heterocycles. The molecule has 0 aromatic heterocycles. The Labute approximate surface area is 75.6 Å². The van der Waals surface area contributed by atoms with Crippen LogP contribution in [0.4, 0.5) is 5.69 Å². The average Bonchev–Trinajstić information content (AvgIpc) is 2.49.